The molecule has 0 saturated heterocycles. The Morgan fingerprint density at radius 2 is 1.88 bits per heavy atom. The molecule has 0 radical (unpaired) electrons. The van der Waals surface area contributed by atoms with Crippen LogP contribution in [0.3, 0.4) is 0 Å². The Kier molecular flexibility index (Phi) is 5.97. The maximum atomic E-state index is 11.9. The van der Waals surface area contributed by atoms with Gasteiger partial charge in [-0.1, -0.05) is 51.1 Å². The number of carboxylic acids is 1. The van der Waals surface area contributed by atoms with Crippen molar-refractivity contribution in [1.29, 1.82) is 0 Å². The first-order chi connectivity index (χ1) is 12.2. The summed E-state index contributed by atoms with van der Waals surface area (Å²) >= 11 is 0. The molecule has 2 aromatic rings. The topological polar surface area (TPSA) is 81.4 Å². The van der Waals surface area contributed by atoms with Gasteiger partial charge in [-0.05, 0) is 11.6 Å². The number of hydrogen-bond acceptors (Lipinski definition) is 4. The molecule has 0 aliphatic rings. The van der Waals surface area contributed by atoms with E-state index in [1.165, 1.54) is 7.11 Å². The number of aliphatic carboxylic acids is 1. The number of esters is 1. The quantitative estimate of drug-likeness (QED) is 0.635. The molecule has 6 nitrogen and oxygen atoms in total. The number of carbonyl (C=O) groups is 2. The molecule has 1 heterocycles. The van der Waals surface area contributed by atoms with Crippen LogP contribution in [0, 0.1) is 0 Å². The van der Waals surface area contributed by atoms with E-state index >= 15 is 0 Å². The lowest BCUT2D eigenvalue weighted by molar-refractivity contribution is -0.141. The molecule has 0 aliphatic carbocycles. The molecule has 0 aliphatic heterocycles. The smallest absolute Gasteiger partial charge is 0.334 e. The highest BCUT2D eigenvalue weighted by molar-refractivity contribution is 5.97. The second-order valence-electron chi connectivity index (χ2n) is 7.06. The van der Waals surface area contributed by atoms with E-state index in [1.807, 2.05) is 34.9 Å². The highest BCUT2D eigenvalue weighted by atomic mass is 16.5. The second-order valence-corrected chi connectivity index (χ2v) is 7.06. The Bertz CT molecular complexity index is 814. The summed E-state index contributed by atoms with van der Waals surface area (Å²) in [5, 5.41) is 9.07. The predicted molar refractivity (Wildman–Crippen MR) is 98.7 cm³/mol. The van der Waals surface area contributed by atoms with Crippen molar-refractivity contribution in [1.82, 2.24) is 9.55 Å². The van der Waals surface area contributed by atoms with Crippen molar-refractivity contribution >= 4 is 18.0 Å². The third kappa shape index (κ3) is 4.81. The molecule has 0 saturated carbocycles. The predicted octanol–water partition coefficient (Wildman–Crippen LogP) is 3.26. The Hall–Kier alpha value is -2.89. The lowest BCUT2D eigenvalue weighted by Crippen LogP contribution is -2.20. The van der Waals surface area contributed by atoms with Gasteiger partial charge in [-0.15, -0.1) is 0 Å². The van der Waals surface area contributed by atoms with E-state index in [0.717, 1.165) is 11.4 Å². The van der Waals surface area contributed by atoms with Gasteiger partial charge in [0.05, 0.1) is 31.0 Å². The SMILES string of the molecule is COC(=O)/C(=C\c1cnc(C(C)(C)C)n1Cc1ccccc1)CC(=O)O. The van der Waals surface area contributed by atoms with E-state index in [9.17, 15) is 9.59 Å². The molecule has 1 aromatic carbocycles. The van der Waals surface area contributed by atoms with Crippen LogP contribution in [0.15, 0.2) is 42.1 Å². The molecule has 0 fully saturated rings. The van der Waals surface area contributed by atoms with Crippen molar-refractivity contribution < 1.29 is 19.4 Å². The number of hydrogen-bond donors (Lipinski definition) is 1. The molecule has 6 heteroatoms. The Morgan fingerprint density at radius 1 is 1.23 bits per heavy atom. The Morgan fingerprint density at radius 3 is 2.42 bits per heavy atom. The average molecular weight is 356 g/mol. The van der Waals surface area contributed by atoms with E-state index in [1.54, 1.807) is 12.3 Å². The number of imidazole rings is 1. The van der Waals surface area contributed by atoms with Crippen molar-refractivity contribution in [2.24, 2.45) is 0 Å². The summed E-state index contributed by atoms with van der Waals surface area (Å²) in [5.41, 5.74) is 1.62. The van der Waals surface area contributed by atoms with Gasteiger partial charge in [-0.25, -0.2) is 9.78 Å². The molecular formula is C20H24N2O4. The van der Waals surface area contributed by atoms with Crippen molar-refractivity contribution in [2.45, 2.75) is 39.2 Å². The molecule has 0 unspecified atom stereocenters. The van der Waals surface area contributed by atoms with Gasteiger partial charge in [0.15, 0.2) is 0 Å². The summed E-state index contributed by atoms with van der Waals surface area (Å²) in [7, 11) is 1.24. The van der Waals surface area contributed by atoms with Crippen LogP contribution in [0.2, 0.25) is 0 Å². The average Bonchev–Trinajstić information content (AvgIpc) is 2.97. The fourth-order valence-corrected chi connectivity index (χ4v) is 2.69. The third-order valence-electron chi connectivity index (χ3n) is 3.85. The fourth-order valence-electron chi connectivity index (χ4n) is 2.69. The van der Waals surface area contributed by atoms with Crippen molar-refractivity contribution in [3.05, 3.63) is 59.2 Å². The van der Waals surface area contributed by atoms with Gasteiger partial charge in [0.1, 0.15) is 5.82 Å². The van der Waals surface area contributed by atoms with Crippen LogP contribution in [0.25, 0.3) is 6.08 Å². The minimum atomic E-state index is -1.09. The van der Waals surface area contributed by atoms with Crippen molar-refractivity contribution in [3.63, 3.8) is 0 Å². The van der Waals surface area contributed by atoms with E-state index in [2.05, 4.69) is 25.8 Å². The zero-order chi connectivity index (χ0) is 19.3. The number of aromatic nitrogens is 2. The molecule has 2 rings (SSSR count). The number of carbonyl (C=O) groups excluding carboxylic acids is 1. The molecule has 0 amide bonds. The second kappa shape index (κ2) is 7.99. The van der Waals surface area contributed by atoms with Crippen LogP contribution in [0.4, 0.5) is 0 Å². The normalized spacial score (nSPS) is 12.1. The number of nitrogens with zero attached hydrogens (tertiary/aromatic N) is 2. The van der Waals surface area contributed by atoms with Crippen LogP contribution in [0.1, 0.15) is 44.3 Å². The highest BCUT2D eigenvalue weighted by Crippen LogP contribution is 2.25. The van der Waals surface area contributed by atoms with Crippen LogP contribution in [-0.4, -0.2) is 33.7 Å². The summed E-state index contributed by atoms with van der Waals surface area (Å²) in [6.45, 7) is 6.75. The Labute approximate surface area is 153 Å². The first kappa shape index (κ1) is 19.4. The van der Waals surface area contributed by atoms with Crippen LogP contribution >= 0.6 is 0 Å². The molecule has 1 aromatic heterocycles. The molecule has 0 atom stereocenters. The van der Waals surface area contributed by atoms with Crippen molar-refractivity contribution in [2.75, 3.05) is 7.11 Å². The number of rotatable bonds is 6. The number of ether oxygens (including phenoxy) is 1. The van der Waals surface area contributed by atoms with Gasteiger partial charge in [0.2, 0.25) is 0 Å². The van der Waals surface area contributed by atoms with Gasteiger partial charge in [-0.2, -0.15) is 0 Å². The minimum absolute atomic E-state index is 0.0784. The summed E-state index contributed by atoms with van der Waals surface area (Å²) in [6.07, 6.45) is 2.80. The van der Waals surface area contributed by atoms with Gasteiger partial charge in [0.25, 0.3) is 0 Å². The van der Waals surface area contributed by atoms with E-state index in [4.69, 9.17) is 9.84 Å². The van der Waals surface area contributed by atoms with Gasteiger partial charge in [-0.3, -0.25) is 4.79 Å². The summed E-state index contributed by atoms with van der Waals surface area (Å²) < 4.78 is 6.72. The number of methoxy groups -OCH3 is 1. The lowest BCUT2D eigenvalue weighted by atomic mass is 9.95. The fraction of sp³-hybridized carbons (Fsp3) is 0.350. The van der Waals surface area contributed by atoms with E-state index in [0.29, 0.717) is 12.2 Å². The third-order valence-corrected chi connectivity index (χ3v) is 3.85. The molecular weight excluding hydrogens is 332 g/mol. The van der Waals surface area contributed by atoms with Gasteiger partial charge < -0.3 is 14.4 Å². The van der Waals surface area contributed by atoms with Crippen LogP contribution < -0.4 is 0 Å². The number of benzene rings is 1. The maximum Gasteiger partial charge on any atom is 0.334 e. The highest BCUT2D eigenvalue weighted by Gasteiger charge is 2.23. The van der Waals surface area contributed by atoms with Crippen molar-refractivity contribution in [3.8, 4) is 0 Å². The molecule has 0 spiro atoms. The molecule has 1 N–H and O–H groups in total. The standard InChI is InChI=1S/C20H24N2O4/c1-20(2,3)19-21-12-16(10-15(11-17(23)24)18(25)26-4)22(19)13-14-8-6-5-7-9-14/h5-10,12H,11,13H2,1-4H3,(H,23,24)/b15-10-. The maximum absolute atomic E-state index is 11.9. The van der Waals surface area contributed by atoms with E-state index in [-0.39, 0.29) is 11.0 Å². The zero-order valence-electron chi connectivity index (χ0n) is 15.5. The summed E-state index contributed by atoms with van der Waals surface area (Å²) in [6, 6.07) is 9.90. The molecule has 0 bridgehead atoms. The lowest BCUT2D eigenvalue weighted by Gasteiger charge is -2.21. The van der Waals surface area contributed by atoms with Gasteiger partial charge >= 0.3 is 11.9 Å². The van der Waals surface area contributed by atoms with E-state index < -0.39 is 18.4 Å². The zero-order valence-corrected chi connectivity index (χ0v) is 15.5. The first-order valence-corrected chi connectivity index (χ1v) is 8.33. The first-order valence-electron chi connectivity index (χ1n) is 8.33. The van der Waals surface area contributed by atoms with Crippen LogP contribution in [-0.2, 0) is 26.3 Å². The summed E-state index contributed by atoms with van der Waals surface area (Å²) in [5.74, 6) is -0.892. The summed E-state index contributed by atoms with van der Waals surface area (Å²) in [4.78, 5) is 27.6. The van der Waals surface area contributed by atoms with Gasteiger partial charge in [0, 0.05) is 12.0 Å². The Balaban J connectivity index is 2.53. The molecule has 26 heavy (non-hydrogen) atoms. The largest absolute Gasteiger partial charge is 0.481 e. The molecule has 138 valence electrons. The monoisotopic (exact) mass is 356 g/mol. The number of carboxylic acid groups (broad SMARTS) is 1. The van der Waals surface area contributed by atoms with Crippen LogP contribution in [0.5, 0.6) is 0 Å². The minimum Gasteiger partial charge on any atom is -0.481 e.